The number of amides is 1. The number of likely N-dealkylation sites (tertiary alicyclic amines) is 1. The van der Waals surface area contributed by atoms with E-state index in [0.29, 0.717) is 29.3 Å². The monoisotopic (exact) mass is 396 g/mol. The van der Waals surface area contributed by atoms with E-state index in [2.05, 4.69) is 32.3 Å². The fraction of sp³-hybridized carbons (Fsp3) is 0.450. The molecular weight excluding hydrogens is 372 g/mol. The maximum Gasteiger partial charge on any atom is 0.316 e. The maximum atomic E-state index is 12.8. The first-order chi connectivity index (χ1) is 14.1. The Kier molecular flexibility index (Phi) is 5.39. The molecule has 29 heavy (non-hydrogen) atoms. The van der Waals surface area contributed by atoms with Crippen molar-refractivity contribution in [1.82, 2.24) is 29.9 Å². The molecule has 9 heteroatoms. The third-order valence-electron chi connectivity index (χ3n) is 5.42. The molecule has 1 atom stereocenters. The van der Waals surface area contributed by atoms with E-state index in [1.165, 1.54) is 4.57 Å². The fourth-order valence-corrected chi connectivity index (χ4v) is 3.85. The maximum absolute atomic E-state index is 12.8. The van der Waals surface area contributed by atoms with Gasteiger partial charge in [-0.05, 0) is 45.0 Å². The Labute approximate surface area is 167 Å². The standard InChI is InChI=1S/C20H24N6O3/c1-3-25-10-6-7-14(25)11-21-18(27)19-23-17(24-29-19)12-26-13(2)22-16-9-5-4-8-15(16)20(26)28/h4-5,8-9,14H,3,6-7,10-12H2,1-2H3,(H,21,27)/t14-/m1/s1. The Morgan fingerprint density at radius 2 is 2.14 bits per heavy atom. The highest BCUT2D eigenvalue weighted by Crippen LogP contribution is 2.15. The Balaban J connectivity index is 1.46. The van der Waals surface area contributed by atoms with E-state index in [4.69, 9.17) is 4.52 Å². The predicted octanol–water partition coefficient (Wildman–Crippen LogP) is 1.35. The van der Waals surface area contributed by atoms with Crippen LogP contribution in [0.15, 0.2) is 33.6 Å². The van der Waals surface area contributed by atoms with Gasteiger partial charge in [-0.2, -0.15) is 4.98 Å². The summed E-state index contributed by atoms with van der Waals surface area (Å²) >= 11 is 0. The zero-order valence-electron chi connectivity index (χ0n) is 16.6. The van der Waals surface area contributed by atoms with E-state index in [1.807, 2.05) is 6.07 Å². The van der Waals surface area contributed by atoms with Gasteiger partial charge in [-0.3, -0.25) is 19.1 Å². The molecule has 0 aliphatic carbocycles. The van der Waals surface area contributed by atoms with Crippen molar-refractivity contribution in [3.05, 3.63) is 52.2 Å². The number of nitrogens with zero attached hydrogens (tertiary/aromatic N) is 5. The average molecular weight is 396 g/mol. The van der Waals surface area contributed by atoms with E-state index < -0.39 is 5.91 Å². The Morgan fingerprint density at radius 3 is 2.97 bits per heavy atom. The van der Waals surface area contributed by atoms with Crippen molar-refractivity contribution in [3.63, 3.8) is 0 Å². The van der Waals surface area contributed by atoms with Crippen molar-refractivity contribution >= 4 is 16.8 Å². The summed E-state index contributed by atoms with van der Waals surface area (Å²) in [4.78, 5) is 36.1. The first-order valence-corrected chi connectivity index (χ1v) is 9.88. The number of hydrogen-bond donors (Lipinski definition) is 1. The van der Waals surface area contributed by atoms with Gasteiger partial charge in [0.25, 0.3) is 5.56 Å². The van der Waals surface area contributed by atoms with Gasteiger partial charge in [-0.1, -0.05) is 24.2 Å². The van der Waals surface area contributed by atoms with Crippen LogP contribution < -0.4 is 10.9 Å². The van der Waals surface area contributed by atoms with Crippen molar-refractivity contribution in [2.24, 2.45) is 0 Å². The number of benzene rings is 1. The van der Waals surface area contributed by atoms with E-state index in [9.17, 15) is 9.59 Å². The molecule has 1 aliphatic rings. The smallest absolute Gasteiger partial charge is 0.316 e. The van der Waals surface area contributed by atoms with E-state index in [-0.39, 0.29) is 23.8 Å². The summed E-state index contributed by atoms with van der Waals surface area (Å²) in [6, 6.07) is 7.52. The lowest BCUT2D eigenvalue weighted by atomic mass is 10.2. The van der Waals surface area contributed by atoms with Crippen LogP contribution in [0.1, 0.15) is 42.1 Å². The number of carbonyl (C=O) groups excluding carboxylic acids is 1. The summed E-state index contributed by atoms with van der Waals surface area (Å²) in [7, 11) is 0. The number of rotatable bonds is 6. The topological polar surface area (TPSA) is 106 Å². The largest absolute Gasteiger partial charge is 0.346 e. The van der Waals surface area contributed by atoms with Crippen LogP contribution in [0.4, 0.5) is 0 Å². The van der Waals surface area contributed by atoms with Crippen molar-refractivity contribution in [1.29, 1.82) is 0 Å². The summed E-state index contributed by atoms with van der Waals surface area (Å²) in [5, 5.41) is 7.26. The zero-order chi connectivity index (χ0) is 20.4. The van der Waals surface area contributed by atoms with Crippen molar-refractivity contribution in [2.45, 2.75) is 39.3 Å². The number of hydrogen-bond acceptors (Lipinski definition) is 7. The lowest BCUT2D eigenvalue weighted by Gasteiger charge is -2.22. The molecule has 1 fully saturated rings. The SMILES string of the molecule is CCN1CCC[C@@H]1CNC(=O)c1nc(Cn2c(C)nc3ccccc3c2=O)no1. The van der Waals surface area contributed by atoms with Crippen molar-refractivity contribution < 1.29 is 9.32 Å². The molecule has 0 radical (unpaired) electrons. The van der Waals surface area contributed by atoms with Gasteiger partial charge in [-0.25, -0.2) is 4.98 Å². The lowest BCUT2D eigenvalue weighted by Crippen LogP contribution is -2.40. The molecule has 3 aromatic rings. The minimum atomic E-state index is -0.396. The molecule has 0 bridgehead atoms. The first kappa shape index (κ1) is 19.3. The van der Waals surface area contributed by atoms with Crippen LogP contribution in [0.3, 0.4) is 0 Å². The van der Waals surface area contributed by atoms with Crippen LogP contribution in [0.25, 0.3) is 10.9 Å². The van der Waals surface area contributed by atoms with E-state index >= 15 is 0 Å². The summed E-state index contributed by atoms with van der Waals surface area (Å²) in [5.74, 6) is 0.312. The van der Waals surface area contributed by atoms with E-state index in [1.54, 1.807) is 25.1 Å². The number of aryl methyl sites for hydroxylation is 1. The minimum absolute atomic E-state index is 0.0888. The summed E-state index contributed by atoms with van der Waals surface area (Å²) in [6.07, 6.45) is 2.22. The van der Waals surface area contributed by atoms with Gasteiger partial charge in [0.15, 0.2) is 5.82 Å². The van der Waals surface area contributed by atoms with Crippen LogP contribution in [-0.4, -0.2) is 56.2 Å². The predicted molar refractivity (Wildman–Crippen MR) is 107 cm³/mol. The average Bonchev–Trinajstić information content (AvgIpc) is 3.38. The van der Waals surface area contributed by atoms with Crippen LogP contribution in [0, 0.1) is 6.92 Å². The normalized spacial score (nSPS) is 17.1. The summed E-state index contributed by atoms with van der Waals surface area (Å²) < 4.78 is 6.59. The van der Waals surface area contributed by atoms with Gasteiger partial charge in [0, 0.05) is 12.6 Å². The molecule has 0 spiro atoms. The summed E-state index contributed by atoms with van der Waals surface area (Å²) in [6.45, 7) is 6.55. The molecule has 9 nitrogen and oxygen atoms in total. The molecule has 2 aromatic heterocycles. The molecule has 3 heterocycles. The highest BCUT2D eigenvalue weighted by Gasteiger charge is 2.24. The van der Waals surface area contributed by atoms with Gasteiger partial charge in [-0.15, -0.1) is 0 Å². The van der Waals surface area contributed by atoms with Crippen molar-refractivity contribution in [2.75, 3.05) is 19.6 Å². The number of nitrogens with one attached hydrogen (secondary N) is 1. The van der Waals surface area contributed by atoms with Gasteiger partial charge in [0.2, 0.25) is 0 Å². The quantitative estimate of drug-likeness (QED) is 0.670. The van der Waals surface area contributed by atoms with Gasteiger partial charge >= 0.3 is 11.8 Å². The molecule has 1 saturated heterocycles. The highest BCUT2D eigenvalue weighted by atomic mass is 16.5. The molecule has 0 saturated carbocycles. The van der Waals surface area contributed by atoms with Crippen LogP contribution >= 0.6 is 0 Å². The molecule has 4 rings (SSSR count). The van der Waals surface area contributed by atoms with E-state index in [0.717, 1.165) is 25.9 Å². The Hall–Kier alpha value is -3.07. The summed E-state index contributed by atoms with van der Waals surface area (Å²) in [5.41, 5.74) is 0.470. The fourth-order valence-electron chi connectivity index (χ4n) is 3.85. The molecule has 1 amide bonds. The van der Waals surface area contributed by atoms with Crippen molar-refractivity contribution in [3.8, 4) is 0 Å². The minimum Gasteiger partial charge on any atom is -0.346 e. The number of fused-ring (bicyclic) bond motifs is 1. The second-order valence-corrected chi connectivity index (χ2v) is 7.22. The molecular formula is C20H24N6O3. The molecule has 1 N–H and O–H groups in total. The molecule has 152 valence electrons. The number of aromatic nitrogens is 4. The molecule has 1 aromatic carbocycles. The number of carbonyl (C=O) groups is 1. The molecule has 1 aliphatic heterocycles. The highest BCUT2D eigenvalue weighted by molar-refractivity contribution is 5.89. The number of para-hydroxylation sites is 1. The second-order valence-electron chi connectivity index (χ2n) is 7.22. The van der Waals surface area contributed by atoms with Gasteiger partial charge in [0.05, 0.1) is 17.4 Å². The van der Waals surface area contributed by atoms with Crippen LogP contribution in [0.5, 0.6) is 0 Å². The van der Waals surface area contributed by atoms with Gasteiger partial charge < -0.3 is 9.84 Å². The first-order valence-electron chi connectivity index (χ1n) is 9.88. The van der Waals surface area contributed by atoms with Crippen LogP contribution in [0.2, 0.25) is 0 Å². The lowest BCUT2D eigenvalue weighted by molar-refractivity contribution is 0.0897. The molecule has 0 unspecified atom stereocenters. The second kappa shape index (κ2) is 8.12. The third kappa shape index (κ3) is 3.91. The van der Waals surface area contributed by atoms with Gasteiger partial charge in [0.1, 0.15) is 5.82 Å². The Bertz CT molecular complexity index is 1090. The third-order valence-corrected chi connectivity index (χ3v) is 5.42. The Morgan fingerprint density at radius 1 is 1.31 bits per heavy atom. The zero-order valence-corrected chi connectivity index (χ0v) is 16.6. The number of likely N-dealkylation sites (N-methyl/N-ethyl adjacent to an activating group) is 1. The van der Waals surface area contributed by atoms with Crippen LogP contribution in [-0.2, 0) is 6.54 Å².